The Morgan fingerprint density at radius 3 is 2.05 bits per heavy atom. The van der Waals surface area contributed by atoms with Gasteiger partial charge in [-0.2, -0.15) is 0 Å². The van der Waals surface area contributed by atoms with Crippen molar-refractivity contribution in [3.05, 3.63) is 76.6 Å². The first-order valence-electron chi connectivity index (χ1n) is 7.49. The molecule has 116 valence electrons. The molecule has 0 aliphatic carbocycles. The third kappa shape index (κ3) is 4.48. The van der Waals surface area contributed by atoms with Crippen molar-refractivity contribution in [1.82, 2.24) is 0 Å². The topological polar surface area (TPSA) is 0 Å². The lowest BCUT2D eigenvalue weighted by molar-refractivity contribution is 0.445. The molecule has 22 heavy (non-hydrogen) atoms. The molecule has 0 atom stereocenters. The third-order valence-electron chi connectivity index (χ3n) is 3.49. The van der Waals surface area contributed by atoms with Gasteiger partial charge >= 0.3 is 0 Å². The molecule has 0 fully saturated rings. The second-order valence-electron chi connectivity index (χ2n) is 5.31. The van der Waals surface area contributed by atoms with E-state index in [0.717, 1.165) is 36.1 Å². The predicted octanol–water partition coefficient (Wildman–Crippen LogP) is 5.70. The van der Waals surface area contributed by atoms with Crippen LogP contribution in [0.15, 0.2) is 42.5 Å². The van der Waals surface area contributed by atoms with Crippen molar-refractivity contribution in [1.29, 1.82) is 0 Å². The van der Waals surface area contributed by atoms with E-state index in [-0.39, 0.29) is 0 Å². The van der Waals surface area contributed by atoms with Crippen molar-refractivity contribution in [2.24, 2.45) is 0 Å². The molecule has 0 unspecified atom stereocenters. The molecular weight excluding hydrogens is 285 g/mol. The average molecular weight is 304 g/mol. The molecule has 2 aromatic rings. The van der Waals surface area contributed by atoms with Gasteiger partial charge in [-0.05, 0) is 48.1 Å². The van der Waals surface area contributed by atoms with E-state index in [9.17, 15) is 13.2 Å². The maximum Gasteiger partial charge on any atom is 0.194 e. The molecule has 0 amide bonds. The normalized spacial score (nSPS) is 11.3. The van der Waals surface area contributed by atoms with E-state index >= 15 is 0 Å². The SMILES string of the molecule is CCC/C=C/c1ccc(CCc2cc(F)c(F)c(F)c2)cc1. The molecule has 0 N–H and O–H groups in total. The van der Waals surface area contributed by atoms with E-state index in [4.69, 9.17) is 0 Å². The van der Waals surface area contributed by atoms with Crippen molar-refractivity contribution in [3.8, 4) is 0 Å². The van der Waals surface area contributed by atoms with Crippen LogP contribution in [0.4, 0.5) is 13.2 Å². The van der Waals surface area contributed by atoms with E-state index < -0.39 is 17.5 Å². The van der Waals surface area contributed by atoms with Crippen LogP contribution in [-0.4, -0.2) is 0 Å². The molecule has 0 spiro atoms. The molecule has 3 heteroatoms. The molecule has 0 bridgehead atoms. The molecule has 2 aromatic carbocycles. The number of halogens is 3. The highest BCUT2D eigenvalue weighted by atomic mass is 19.2. The minimum absolute atomic E-state index is 0.461. The van der Waals surface area contributed by atoms with Gasteiger partial charge in [0.15, 0.2) is 17.5 Å². The maximum absolute atomic E-state index is 13.1. The molecule has 0 saturated heterocycles. The molecular formula is C19H19F3. The van der Waals surface area contributed by atoms with Crippen LogP contribution in [0.5, 0.6) is 0 Å². The van der Waals surface area contributed by atoms with E-state index in [2.05, 4.69) is 19.1 Å². The Hall–Kier alpha value is -2.03. The molecule has 0 radical (unpaired) electrons. The zero-order chi connectivity index (χ0) is 15.9. The van der Waals surface area contributed by atoms with E-state index in [1.54, 1.807) is 0 Å². The van der Waals surface area contributed by atoms with Crippen LogP contribution in [-0.2, 0) is 12.8 Å². The van der Waals surface area contributed by atoms with Gasteiger partial charge in [0.2, 0.25) is 0 Å². The molecule has 2 rings (SSSR count). The first kappa shape index (κ1) is 16.3. The van der Waals surface area contributed by atoms with Gasteiger partial charge in [-0.1, -0.05) is 49.8 Å². The number of benzene rings is 2. The van der Waals surface area contributed by atoms with Crippen LogP contribution in [0, 0.1) is 17.5 Å². The summed E-state index contributed by atoms with van der Waals surface area (Å²) < 4.78 is 39.2. The van der Waals surface area contributed by atoms with Gasteiger partial charge in [0.25, 0.3) is 0 Å². The summed E-state index contributed by atoms with van der Waals surface area (Å²) in [6, 6.07) is 10.2. The fourth-order valence-corrected chi connectivity index (χ4v) is 2.22. The quantitative estimate of drug-likeness (QED) is 0.600. The summed E-state index contributed by atoms with van der Waals surface area (Å²) in [5.41, 5.74) is 2.68. The zero-order valence-electron chi connectivity index (χ0n) is 12.6. The monoisotopic (exact) mass is 304 g/mol. The number of rotatable bonds is 6. The van der Waals surface area contributed by atoms with Crippen LogP contribution < -0.4 is 0 Å². The highest BCUT2D eigenvalue weighted by Gasteiger charge is 2.10. The fraction of sp³-hybridized carbons (Fsp3) is 0.263. The van der Waals surface area contributed by atoms with Crippen LogP contribution in [0.2, 0.25) is 0 Å². The molecule has 0 saturated carbocycles. The summed E-state index contributed by atoms with van der Waals surface area (Å²) >= 11 is 0. The Morgan fingerprint density at radius 2 is 1.45 bits per heavy atom. The summed E-state index contributed by atoms with van der Waals surface area (Å²) in [4.78, 5) is 0. The van der Waals surface area contributed by atoms with Gasteiger partial charge in [-0.3, -0.25) is 0 Å². The smallest absolute Gasteiger partial charge is 0.194 e. The van der Waals surface area contributed by atoms with Gasteiger partial charge < -0.3 is 0 Å². The second kappa shape index (κ2) is 7.83. The number of hydrogen-bond acceptors (Lipinski definition) is 0. The van der Waals surface area contributed by atoms with E-state index in [1.807, 2.05) is 24.3 Å². The maximum atomic E-state index is 13.1. The Labute approximate surface area is 129 Å². The van der Waals surface area contributed by atoms with E-state index in [0.29, 0.717) is 18.4 Å². The first-order chi connectivity index (χ1) is 10.6. The first-order valence-corrected chi connectivity index (χ1v) is 7.49. The van der Waals surface area contributed by atoms with Crippen LogP contribution >= 0.6 is 0 Å². The zero-order valence-corrected chi connectivity index (χ0v) is 12.6. The van der Waals surface area contributed by atoms with Crippen molar-refractivity contribution in [3.63, 3.8) is 0 Å². The lowest BCUT2D eigenvalue weighted by Crippen LogP contribution is -1.97. The molecule has 0 nitrogen and oxygen atoms in total. The van der Waals surface area contributed by atoms with Crippen molar-refractivity contribution < 1.29 is 13.2 Å². The molecule has 0 heterocycles. The van der Waals surface area contributed by atoms with Gasteiger partial charge in [-0.25, -0.2) is 13.2 Å². The van der Waals surface area contributed by atoms with Crippen molar-refractivity contribution in [2.75, 3.05) is 0 Å². The standard InChI is InChI=1S/C19H19F3/c1-2-3-4-5-14-6-8-15(9-7-14)10-11-16-12-17(20)19(22)18(21)13-16/h4-9,12-13H,2-3,10-11H2,1H3/b5-4+. The second-order valence-corrected chi connectivity index (χ2v) is 5.31. The largest absolute Gasteiger partial charge is 0.204 e. The predicted molar refractivity (Wildman–Crippen MR) is 84.1 cm³/mol. The Bertz CT molecular complexity index is 619. The minimum Gasteiger partial charge on any atom is -0.204 e. The molecule has 0 aliphatic heterocycles. The van der Waals surface area contributed by atoms with Gasteiger partial charge in [0.05, 0.1) is 0 Å². The number of allylic oxidation sites excluding steroid dienone is 1. The van der Waals surface area contributed by atoms with Crippen LogP contribution in [0.25, 0.3) is 6.08 Å². The third-order valence-corrected chi connectivity index (χ3v) is 3.49. The average Bonchev–Trinajstić information content (AvgIpc) is 2.52. The summed E-state index contributed by atoms with van der Waals surface area (Å²) in [7, 11) is 0. The number of unbranched alkanes of at least 4 members (excludes halogenated alkanes) is 1. The highest BCUT2D eigenvalue weighted by Crippen LogP contribution is 2.16. The Morgan fingerprint density at radius 1 is 0.864 bits per heavy atom. The summed E-state index contributed by atoms with van der Waals surface area (Å²) in [6.45, 7) is 2.13. The summed E-state index contributed by atoms with van der Waals surface area (Å²) in [5.74, 6) is -3.68. The van der Waals surface area contributed by atoms with Crippen LogP contribution in [0.3, 0.4) is 0 Å². The minimum atomic E-state index is -1.41. The van der Waals surface area contributed by atoms with Crippen LogP contribution in [0.1, 0.15) is 36.5 Å². The number of hydrogen-bond donors (Lipinski definition) is 0. The Kier molecular flexibility index (Phi) is 5.82. The molecule has 0 aromatic heterocycles. The van der Waals surface area contributed by atoms with Gasteiger partial charge in [0, 0.05) is 0 Å². The van der Waals surface area contributed by atoms with Crippen molar-refractivity contribution >= 4 is 6.08 Å². The summed E-state index contributed by atoms with van der Waals surface area (Å²) in [6.07, 6.45) is 7.53. The van der Waals surface area contributed by atoms with Crippen molar-refractivity contribution in [2.45, 2.75) is 32.6 Å². The molecule has 0 aliphatic rings. The Balaban J connectivity index is 1.97. The van der Waals surface area contributed by atoms with E-state index in [1.165, 1.54) is 0 Å². The lowest BCUT2D eigenvalue weighted by atomic mass is 10.0. The lowest BCUT2D eigenvalue weighted by Gasteiger charge is -2.04. The fourth-order valence-electron chi connectivity index (χ4n) is 2.22. The van der Waals surface area contributed by atoms with Gasteiger partial charge in [-0.15, -0.1) is 0 Å². The van der Waals surface area contributed by atoms with Gasteiger partial charge in [0.1, 0.15) is 0 Å². The highest BCUT2D eigenvalue weighted by molar-refractivity contribution is 5.49. The number of aryl methyl sites for hydroxylation is 2. The summed E-state index contributed by atoms with van der Waals surface area (Å²) in [5, 5.41) is 0.